The van der Waals surface area contributed by atoms with Crippen LogP contribution in [-0.2, 0) is 0 Å². The van der Waals surface area contributed by atoms with Crippen molar-refractivity contribution in [3.8, 4) is 0 Å². The number of aliphatic hydroxyl groups is 1. The fourth-order valence-electron chi connectivity index (χ4n) is 1.84. The van der Waals surface area contributed by atoms with E-state index >= 15 is 0 Å². The maximum absolute atomic E-state index is 12.6. The summed E-state index contributed by atoms with van der Waals surface area (Å²) >= 11 is 0. The normalized spacial score (nSPS) is 30.6. The fraction of sp³-hybridized carbons (Fsp3) is 1.00. The maximum atomic E-state index is 12.6. The topological polar surface area (TPSA) is 23.5 Å². The van der Waals surface area contributed by atoms with Crippen molar-refractivity contribution in [2.75, 3.05) is 13.1 Å². The minimum atomic E-state index is -4.53. The summed E-state index contributed by atoms with van der Waals surface area (Å²) in [5, 5.41) is 9.57. The molecule has 0 aromatic rings. The van der Waals surface area contributed by atoms with Crippen molar-refractivity contribution in [2.24, 2.45) is 0 Å². The van der Waals surface area contributed by atoms with Crippen molar-refractivity contribution in [3.05, 3.63) is 0 Å². The third-order valence-electron chi connectivity index (χ3n) is 2.95. The van der Waals surface area contributed by atoms with Crippen LogP contribution < -0.4 is 0 Å². The zero-order valence-corrected chi connectivity index (χ0v) is 9.36. The van der Waals surface area contributed by atoms with Gasteiger partial charge in [0.2, 0.25) is 0 Å². The number of rotatable bonds is 0. The van der Waals surface area contributed by atoms with Crippen molar-refractivity contribution in [3.63, 3.8) is 0 Å². The second kappa shape index (κ2) is 3.63. The largest absolute Gasteiger partial charge is 0.418 e. The number of alkyl halides is 3. The van der Waals surface area contributed by atoms with Gasteiger partial charge in [0.25, 0.3) is 0 Å². The van der Waals surface area contributed by atoms with Gasteiger partial charge in [-0.1, -0.05) is 0 Å². The zero-order chi connectivity index (χ0) is 11.9. The van der Waals surface area contributed by atoms with Gasteiger partial charge in [0.05, 0.1) is 0 Å². The number of nitrogens with zero attached hydrogens (tertiary/aromatic N) is 1. The molecule has 1 aliphatic heterocycles. The third kappa shape index (κ3) is 2.64. The summed E-state index contributed by atoms with van der Waals surface area (Å²) in [6.07, 6.45) is -4.34. The lowest BCUT2D eigenvalue weighted by Crippen LogP contribution is -2.60. The van der Waals surface area contributed by atoms with Crippen LogP contribution >= 0.6 is 0 Å². The molecule has 1 saturated heterocycles. The second-order valence-electron chi connectivity index (χ2n) is 5.23. The van der Waals surface area contributed by atoms with Gasteiger partial charge in [0.15, 0.2) is 5.60 Å². The van der Waals surface area contributed by atoms with Gasteiger partial charge in [0, 0.05) is 12.1 Å². The second-order valence-corrected chi connectivity index (χ2v) is 5.23. The first-order chi connectivity index (χ1) is 6.56. The van der Waals surface area contributed by atoms with Crippen molar-refractivity contribution < 1.29 is 18.3 Å². The molecule has 1 rings (SSSR count). The number of likely N-dealkylation sites (tertiary alicyclic amines) is 1. The number of hydrogen-bond donors (Lipinski definition) is 1. The Morgan fingerprint density at radius 1 is 1.20 bits per heavy atom. The van der Waals surface area contributed by atoms with Gasteiger partial charge >= 0.3 is 6.18 Å². The van der Waals surface area contributed by atoms with Gasteiger partial charge in [-0.15, -0.1) is 0 Å². The lowest BCUT2D eigenvalue weighted by molar-refractivity contribution is -0.277. The van der Waals surface area contributed by atoms with E-state index in [9.17, 15) is 18.3 Å². The highest BCUT2D eigenvalue weighted by Crippen LogP contribution is 2.38. The Morgan fingerprint density at radius 2 is 1.73 bits per heavy atom. The molecule has 15 heavy (non-hydrogen) atoms. The summed E-state index contributed by atoms with van der Waals surface area (Å²) < 4.78 is 37.8. The van der Waals surface area contributed by atoms with Crippen LogP contribution in [0.3, 0.4) is 0 Å². The van der Waals surface area contributed by atoms with Crippen LogP contribution in [0, 0.1) is 0 Å². The Balaban J connectivity index is 2.80. The van der Waals surface area contributed by atoms with Crippen molar-refractivity contribution in [1.29, 1.82) is 0 Å². The highest BCUT2D eigenvalue weighted by Gasteiger charge is 2.56. The minimum absolute atomic E-state index is 0.191. The highest BCUT2D eigenvalue weighted by molar-refractivity contribution is 4.96. The Kier molecular flexibility index (Phi) is 3.09. The average molecular weight is 225 g/mol. The first-order valence-corrected chi connectivity index (χ1v) is 5.10. The van der Waals surface area contributed by atoms with Crippen LogP contribution in [0.1, 0.15) is 33.6 Å². The predicted molar refractivity (Wildman–Crippen MR) is 51.6 cm³/mol. The van der Waals surface area contributed by atoms with E-state index in [0.717, 1.165) is 0 Å². The minimum Gasteiger partial charge on any atom is -0.379 e. The van der Waals surface area contributed by atoms with E-state index in [2.05, 4.69) is 0 Å². The molecule has 1 heterocycles. The van der Waals surface area contributed by atoms with Crippen molar-refractivity contribution in [1.82, 2.24) is 4.90 Å². The molecular weight excluding hydrogens is 207 g/mol. The van der Waals surface area contributed by atoms with Crippen LogP contribution in [0.4, 0.5) is 13.2 Å². The van der Waals surface area contributed by atoms with Crippen LogP contribution in [0.2, 0.25) is 0 Å². The number of piperidine rings is 1. The van der Waals surface area contributed by atoms with Crippen LogP contribution in [0.25, 0.3) is 0 Å². The summed E-state index contributed by atoms with van der Waals surface area (Å²) in [6, 6.07) is 0. The molecule has 0 aromatic carbocycles. The van der Waals surface area contributed by atoms with E-state index in [-0.39, 0.29) is 18.5 Å². The molecule has 0 aromatic heterocycles. The Bertz CT molecular complexity index is 234. The quantitative estimate of drug-likeness (QED) is 0.683. The van der Waals surface area contributed by atoms with E-state index in [1.165, 1.54) is 0 Å². The molecule has 0 spiro atoms. The molecule has 0 aliphatic carbocycles. The summed E-state index contributed by atoms with van der Waals surface area (Å²) in [6.45, 7) is 5.86. The van der Waals surface area contributed by atoms with E-state index in [4.69, 9.17) is 0 Å². The van der Waals surface area contributed by atoms with Gasteiger partial charge in [-0.3, -0.25) is 4.90 Å². The molecule has 1 aliphatic rings. The first kappa shape index (κ1) is 12.8. The molecule has 0 bridgehead atoms. The van der Waals surface area contributed by atoms with E-state index < -0.39 is 11.8 Å². The number of hydrogen-bond acceptors (Lipinski definition) is 2. The van der Waals surface area contributed by atoms with E-state index in [0.29, 0.717) is 13.0 Å². The maximum Gasteiger partial charge on any atom is 0.418 e. The molecule has 1 N–H and O–H groups in total. The van der Waals surface area contributed by atoms with E-state index in [1.807, 2.05) is 20.8 Å². The van der Waals surface area contributed by atoms with Crippen LogP contribution in [0.15, 0.2) is 0 Å². The lowest BCUT2D eigenvalue weighted by atomic mass is 9.89. The molecule has 2 nitrogen and oxygen atoms in total. The summed E-state index contributed by atoms with van der Waals surface area (Å²) in [7, 11) is 0. The molecule has 1 atom stereocenters. The van der Waals surface area contributed by atoms with Crippen molar-refractivity contribution in [2.45, 2.75) is 50.9 Å². The summed E-state index contributed by atoms with van der Waals surface area (Å²) in [5.74, 6) is 0. The molecule has 0 saturated carbocycles. The highest BCUT2D eigenvalue weighted by atomic mass is 19.4. The summed E-state index contributed by atoms with van der Waals surface area (Å²) in [5.41, 5.74) is -2.86. The van der Waals surface area contributed by atoms with Crippen LogP contribution in [-0.4, -0.2) is 40.4 Å². The molecular formula is C10H18F3NO. The average Bonchev–Trinajstić information content (AvgIpc) is 2.00. The third-order valence-corrected chi connectivity index (χ3v) is 2.95. The smallest absolute Gasteiger partial charge is 0.379 e. The molecule has 1 fully saturated rings. The van der Waals surface area contributed by atoms with Gasteiger partial charge < -0.3 is 5.11 Å². The molecule has 0 amide bonds. The molecule has 0 radical (unpaired) electrons. The van der Waals surface area contributed by atoms with E-state index in [1.54, 1.807) is 4.90 Å². The molecule has 1 unspecified atom stereocenters. The van der Waals surface area contributed by atoms with Crippen molar-refractivity contribution >= 4 is 0 Å². The summed E-state index contributed by atoms with van der Waals surface area (Å²) in [4.78, 5) is 1.68. The zero-order valence-electron chi connectivity index (χ0n) is 9.36. The number of β-amino-alcohol motifs (C(OH)–C–C–N with tert-alkyl or cyclic N) is 1. The number of halogens is 3. The molecule has 5 heteroatoms. The SMILES string of the molecule is CC(C)(C)N1CCCC(O)(C(F)(F)F)C1. The van der Waals surface area contributed by atoms with Gasteiger partial charge in [-0.2, -0.15) is 13.2 Å². The van der Waals surface area contributed by atoms with Gasteiger partial charge in [-0.05, 0) is 40.2 Å². The Morgan fingerprint density at radius 3 is 2.13 bits per heavy atom. The Hall–Kier alpha value is -0.290. The molecule has 90 valence electrons. The van der Waals surface area contributed by atoms with Crippen LogP contribution in [0.5, 0.6) is 0 Å². The Labute approximate surface area is 88.1 Å². The fourth-order valence-corrected chi connectivity index (χ4v) is 1.84. The lowest BCUT2D eigenvalue weighted by Gasteiger charge is -2.45. The monoisotopic (exact) mass is 225 g/mol. The standard InChI is InChI=1S/C10H18F3NO/c1-8(2,3)14-6-4-5-9(15,7-14)10(11,12)13/h15H,4-7H2,1-3H3. The first-order valence-electron chi connectivity index (χ1n) is 5.10. The van der Waals surface area contributed by atoms with Gasteiger partial charge in [0.1, 0.15) is 0 Å². The predicted octanol–water partition coefficient (Wildman–Crippen LogP) is 2.17. The van der Waals surface area contributed by atoms with Gasteiger partial charge in [-0.25, -0.2) is 0 Å².